The number of esters is 1. The van der Waals surface area contributed by atoms with Crippen molar-refractivity contribution in [1.82, 2.24) is 10.9 Å². The minimum absolute atomic E-state index is 0.303. The van der Waals surface area contributed by atoms with Crippen molar-refractivity contribution in [3.05, 3.63) is 71.8 Å². The van der Waals surface area contributed by atoms with Gasteiger partial charge >= 0.3 is 5.97 Å². The van der Waals surface area contributed by atoms with Crippen molar-refractivity contribution < 1.29 is 14.3 Å². The number of amides is 1. The molecule has 2 aromatic carbocycles. The van der Waals surface area contributed by atoms with Gasteiger partial charge in [-0.15, -0.1) is 0 Å². The lowest BCUT2D eigenvalue weighted by molar-refractivity contribution is -0.143. The molecule has 0 saturated carbocycles. The van der Waals surface area contributed by atoms with Crippen LogP contribution in [0.5, 0.6) is 0 Å². The Bertz CT molecular complexity index is 614. The van der Waals surface area contributed by atoms with Gasteiger partial charge in [-0.25, -0.2) is 5.43 Å². The second kappa shape index (κ2) is 7.95. The van der Waals surface area contributed by atoms with E-state index < -0.39 is 12.0 Å². The molecule has 0 radical (unpaired) electrons. The molecule has 0 saturated heterocycles. The van der Waals surface area contributed by atoms with E-state index in [4.69, 9.17) is 4.74 Å². The molecular weight excluding hydrogens is 280 g/mol. The van der Waals surface area contributed by atoms with Gasteiger partial charge in [-0.3, -0.25) is 15.0 Å². The molecular formula is C17H18N2O3. The Labute approximate surface area is 129 Å². The fourth-order valence-electron chi connectivity index (χ4n) is 2.00. The minimum atomic E-state index is -0.653. The second-order valence-electron chi connectivity index (χ2n) is 4.73. The Morgan fingerprint density at radius 1 is 1.00 bits per heavy atom. The van der Waals surface area contributed by atoms with Crippen LogP contribution in [0.4, 0.5) is 0 Å². The minimum Gasteiger partial charge on any atom is -0.468 e. The van der Waals surface area contributed by atoms with E-state index in [1.54, 1.807) is 24.3 Å². The van der Waals surface area contributed by atoms with E-state index >= 15 is 0 Å². The van der Waals surface area contributed by atoms with Gasteiger partial charge in [0, 0.05) is 12.0 Å². The van der Waals surface area contributed by atoms with Crippen LogP contribution in [0, 0.1) is 0 Å². The first-order valence-corrected chi connectivity index (χ1v) is 6.93. The van der Waals surface area contributed by atoms with Gasteiger partial charge in [0.15, 0.2) is 0 Å². The number of hydrazine groups is 1. The number of methoxy groups -OCH3 is 1. The molecule has 0 aliphatic heterocycles. The van der Waals surface area contributed by atoms with Crippen LogP contribution >= 0.6 is 0 Å². The van der Waals surface area contributed by atoms with Crippen molar-refractivity contribution in [2.75, 3.05) is 7.11 Å². The number of carbonyl (C=O) groups is 2. The number of ether oxygens (including phenoxy) is 1. The van der Waals surface area contributed by atoms with E-state index in [0.29, 0.717) is 12.0 Å². The van der Waals surface area contributed by atoms with E-state index in [9.17, 15) is 9.59 Å². The summed E-state index contributed by atoms with van der Waals surface area (Å²) in [4.78, 5) is 23.8. The summed E-state index contributed by atoms with van der Waals surface area (Å²) in [6.07, 6.45) is 0.419. The highest BCUT2D eigenvalue weighted by Crippen LogP contribution is 2.04. The zero-order valence-electron chi connectivity index (χ0n) is 12.3. The molecule has 114 valence electrons. The quantitative estimate of drug-likeness (QED) is 0.629. The lowest BCUT2D eigenvalue weighted by Crippen LogP contribution is -2.49. The number of rotatable bonds is 6. The lowest BCUT2D eigenvalue weighted by Gasteiger charge is -2.17. The summed E-state index contributed by atoms with van der Waals surface area (Å²) in [6, 6.07) is 17.6. The van der Waals surface area contributed by atoms with Gasteiger partial charge in [0.25, 0.3) is 5.91 Å². The van der Waals surface area contributed by atoms with E-state index in [1.807, 2.05) is 36.4 Å². The Kier molecular flexibility index (Phi) is 5.68. The molecule has 0 fully saturated rings. The zero-order chi connectivity index (χ0) is 15.8. The van der Waals surface area contributed by atoms with Crippen LogP contribution in [0.2, 0.25) is 0 Å². The molecule has 5 heteroatoms. The Morgan fingerprint density at radius 2 is 1.59 bits per heavy atom. The highest BCUT2D eigenvalue weighted by Gasteiger charge is 2.20. The first-order chi connectivity index (χ1) is 10.7. The molecule has 0 aliphatic carbocycles. The van der Waals surface area contributed by atoms with Crippen LogP contribution in [0.15, 0.2) is 60.7 Å². The van der Waals surface area contributed by atoms with Gasteiger partial charge in [-0.1, -0.05) is 48.5 Å². The predicted molar refractivity (Wildman–Crippen MR) is 83.0 cm³/mol. The third kappa shape index (κ3) is 4.43. The van der Waals surface area contributed by atoms with Gasteiger partial charge in [-0.2, -0.15) is 0 Å². The molecule has 5 nitrogen and oxygen atoms in total. The summed E-state index contributed by atoms with van der Waals surface area (Å²) in [5.74, 6) is -0.736. The number of carbonyl (C=O) groups excluding carboxylic acids is 2. The maximum absolute atomic E-state index is 12.0. The van der Waals surface area contributed by atoms with Crippen LogP contribution in [0.1, 0.15) is 15.9 Å². The SMILES string of the molecule is COC(=O)[C@H](Cc1ccccc1)NNC(=O)c1ccccc1. The number of nitrogens with one attached hydrogen (secondary N) is 2. The molecule has 2 N–H and O–H groups in total. The standard InChI is InChI=1S/C17H18N2O3/c1-22-17(21)15(12-13-8-4-2-5-9-13)18-19-16(20)14-10-6-3-7-11-14/h2-11,15,18H,12H2,1H3,(H,19,20)/t15-/m0/s1. The molecule has 0 aromatic heterocycles. The maximum atomic E-state index is 12.0. The molecule has 0 unspecified atom stereocenters. The fraction of sp³-hybridized carbons (Fsp3) is 0.176. The fourth-order valence-corrected chi connectivity index (χ4v) is 2.00. The lowest BCUT2D eigenvalue weighted by atomic mass is 10.1. The summed E-state index contributed by atoms with van der Waals surface area (Å²) >= 11 is 0. The number of hydrogen-bond donors (Lipinski definition) is 2. The van der Waals surface area contributed by atoms with E-state index in [2.05, 4.69) is 10.9 Å². The Morgan fingerprint density at radius 3 is 2.18 bits per heavy atom. The highest BCUT2D eigenvalue weighted by atomic mass is 16.5. The van der Waals surface area contributed by atoms with Crippen LogP contribution in [0.25, 0.3) is 0 Å². The van der Waals surface area contributed by atoms with E-state index in [-0.39, 0.29) is 5.91 Å². The third-order valence-electron chi connectivity index (χ3n) is 3.16. The molecule has 2 aromatic rings. The van der Waals surface area contributed by atoms with Gasteiger partial charge in [-0.05, 0) is 17.7 Å². The number of hydrogen-bond acceptors (Lipinski definition) is 4. The van der Waals surface area contributed by atoms with E-state index in [0.717, 1.165) is 5.56 Å². The molecule has 0 bridgehead atoms. The molecule has 1 amide bonds. The molecule has 22 heavy (non-hydrogen) atoms. The highest BCUT2D eigenvalue weighted by molar-refractivity contribution is 5.94. The van der Waals surface area contributed by atoms with Crippen molar-refractivity contribution in [1.29, 1.82) is 0 Å². The van der Waals surface area contributed by atoms with Crippen molar-refractivity contribution in [3.8, 4) is 0 Å². The van der Waals surface area contributed by atoms with Gasteiger partial charge in [0.1, 0.15) is 6.04 Å². The summed E-state index contributed by atoms with van der Waals surface area (Å²) < 4.78 is 4.77. The molecule has 2 rings (SSSR count). The summed E-state index contributed by atoms with van der Waals surface area (Å²) in [5, 5.41) is 0. The predicted octanol–water partition coefficient (Wildman–Crippen LogP) is 1.71. The summed E-state index contributed by atoms with van der Waals surface area (Å²) in [6.45, 7) is 0. The maximum Gasteiger partial charge on any atom is 0.325 e. The Balaban J connectivity index is 1.98. The monoisotopic (exact) mass is 298 g/mol. The molecule has 0 heterocycles. The topological polar surface area (TPSA) is 67.4 Å². The molecule has 0 spiro atoms. The second-order valence-corrected chi connectivity index (χ2v) is 4.73. The van der Waals surface area contributed by atoms with Gasteiger partial charge in [0.05, 0.1) is 7.11 Å². The summed E-state index contributed by atoms with van der Waals surface area (Å²) in [7, 11) is 1.32. The first-order valence-electron chi connectivity index (χ1n) is 6.93. The van der Waals surface area contributed by atoms with Crippen molar-refractivity contribution in [2.24, 2.45) is 0 Å². The largest absolute Gasteiger partial charge is 0.468 e. The normalized spacial score (nSPS) is 11.5. The molecule has 1 atom stereocenters. The van der Waals surface area contributed by atoms with Crippen molar-refractivity contribution in [2.45, 2.75) is 12.5 Å². The molecule has 0 aliphatic rings. The van der Waals surface area contributed by atoms with Crippen LogP contribution in [0.3, 0.4) is 0 Å². The zero-order valence-corrected chi connectivity index (χ0v) is 12.3. The van der Waals surface area contributed by atoms with Gasteiger partial charge in [0.2, 0.25) is 0 Å². The first kappa shape index (κ1) is 15.7. The average Bonchev–Trinajstić information content (AvgIpc) is 2.59. The van der Waals surface area contributed by atoms with E-state index in [1.165, 1.54) is 7.11 Å². The van der Waals surface area contributed by atoms with Gasteiger partial charge < -0.3 is 4.74 Å². The van der Waals surface area contributed by atoms with Crippen LogP contribution in [-0.4, -0.2) is 25.0 Å². The van der Waals surface area contributed by atoms with Crippen molar-refractivity contribution in [3.63, 3.8) is 0 Å². The van der Waals surface area contributed by atoms with Crippen LogP contribution in [-0.2, 0) is 16.0 Å². The Hall–Kier alpha value is -2.66. The summed E-state index contributed by atoms with van der Waals surface area (Å²) in [5.41, 5.74) is 6.77. The van der Waals surface area contributed by atoms with Crippen LogP contribution < -0.4 is 10.9 Å². The smallest absolute Gasteiger partial charge is 0.325 e. The average molecular weight is 298 g/mol. The third-order valence-corrected chi connectivity index (χ3v) is 3.16. The number of benzene rings is 2. The van der Waals surface area contributed by atoms with Crippen molar-refractivity contribution >= 4 is 11.9 Å².